The number of hydrogen-bond donors (Lipinski definition) is 1. The largest absolute Gasteiger partial charge is 0.494 e. The molecule has 0 amide bonds. The molecule has 0 aliphatic rings. The lowest BCUT2D eigenvalue weighted by atomic mass is 10.1. The third kappa shape index (κ3) is 6.45. The summed E-state index contributed by atoms with van der Waals surface area (Å²) in [6, 6.07) is 6.82. The third-order valence-corrected chi connectivity index (χ3v) is 2.35. The zero-order valence-electron chi connectivity index (χ0n) is 11.0. The number of nitrogens with one attached hydrogen (secondary N) is 1. The lowest BCUT2D eigenvalue weighted by Gasteiger charge is -2.15. The van der Waals surface area contributed by atoms with Crippen molar-refractivity contribution in [1.29, 1.82) is 0 Å². The highest BCUT2D eigenvalue weighted by Crippen LogP contribution is 2.19. The van der Waals surface area contributed by atoms with E-state index in [1.165, 1.54) is 0 Å². The van der Waals surface area contributed by atoms with Gasteiger partial charge in [-0.3, -0.25) is 4.84 Å². The minimum atomic E-state index is -4.33. The number of hydroxylamine groups is 1. The summed E-state index contributed by atoms with van der Waals surface area (Å²) in [7, 11) is 0. The van der Waals surface area contributed by atoms with E-state index >= 15 is 0 Å². The second-order valence-electron chi connectivity index (χ2n) is 4.16. The first kappa shape index (κ1) is 15.8. The Labute approximate surface area is 110 Å². The highest BCUT2D eigenvalue weighted by atomic mass is 19.4. The maximum absolute atomic E-state index is 11.9. The zero-order chi connectivity index (χ0) is 14.3. The molecular formula is C13H18F3NO2. The third-order valence-electron chi connectivity index (χ3n) is 2.35. The molecule has 0 aliphatic carbocycles. The predicted molar refractivity (Wildman–Crippen MR) is 65.8 cm³/mol. The normalized spacial score (nSPS) is 13.3. The van der Waals surface area contributed by atoms with Crippen LogP contribution in [0.15, 0.2) is 24.3 Å². The Hall–Kier alpha value is -1.27. The molecular weight excluding hydrogens is 259 g/mol. The molecule has 1 unspecified atom stereocenters. The second kappa shape index (κ2) is 7.35. The minimum absolute atomic E-state index is 0.331. The molecule has 0 aliphatic heterocycles. The number of rotatable bonds is 7. The van der Waals surface area contributed by atoms with Crippen LogP contribution in [0.1, 0.15) is 31.9 Å². The van der Waals surface area contributed by atoms with Crippen LogP contribution in [0.5, 0.6) is 5.75 Å². The Morgan fingerprint density at radius 2 is 1.84 bits per heavy atom. The van der Waals surface area contributed by atoms with Crippen LogP contribution >= 0.6 is 0 Å². The highest BCUT2D eigenvalue weighted by Gasteiger charge is 2.28. The van der Waals surface area contributed by atoms with Gasteiger partial charge in [-0.25, -0.2) is 0 Å². The van der Waals surface area contributed by atoms with Gasteiger partial charge in [-0.15, -0.1) is 0 Å². The van der Waals surface area contributed by atoms with Crippen molar-refractivity contribution in [2.24, 2.45) is 0 Å². The number of hydrogen-bond acceptors (Lipinski definition) is 3. The van der Waals surface area contributed by atoms with E-state index in [1.807, 2.05) is 6.92 Å². The summed E-state index contributed by atoms with van der Waals surface area (Å²) >= 11 is 0. The molecule has 0 saturated heterocycles. The van der Waals surface area contributed by atoms with Gasteiger partial charge in [-0.05, 0) is 31.0 Å². The highest BCUT2D eigenvalue weighted by molar-refractivity contribution is 5.28. The van der Waals surface area contributed by atoms with Gasteiger partial charge >= 0.3 is 6.18 Å². The molecule has 1 aromatic carbocycles. The summed E-state index contributed by atoms with van der Waals surface area (Å²) in [4.78, 5) is 4.40. The molecule has 0 spiro atoms. The summed E-state index contributed by atoms with van der Waals surface area (Å²) in [5, 5.41) is 0. The minimum Gasteiger partial charge on any atom is -0.494 e. The maximum Gasteiger partial charge on any atom is 0.413 e. The maximum atomic E-state index is 11.9. The first-order valence-corrected chi connectivity index (χ1v) is 6.09. The first-order chi connectivity index (χ1) is 8.92. The number of benzene rings is 1. The van der Waals surface area contributed by atoms with Gasteiger partial charge in [0, 0.05) is 0 Å². The molecule has 0 saturated carbocycles. The lowest BCUT2D eigenvalue weighted by molar-refractivity contribution is -0.192. The molecule has 0 radical (unpaired) electrons. The smallest absolute Gasteiger partial charge is 0.413 e. The monoisotopic (exact) mass is 277 g/mol. The summed E-state index contributed by atoms with van der Waals surface area (Å²) in [5.74, 6) is 0.744. The van der Waals surface area contributed by atoms with Gasteiger partial charge in [0.1, 0.15) is 5.75 Å². The van der Waals surface area contributed by atoms with Crippen molar-refractivity contribution in [2.45, 2.75) is 32.5 Å². The van der Waals surface area contributed by atoms with E-state index in [-0.39, 0.29) is 6.04 Å². The van der Waals surface area contributed by atoms with Gasteiger partial charge in [0.2, 0.25) is 0 Å². The predicted octanol–water partition coefficient (Wildman–Crippen LogP) is 3.62. The van der Waals surface area contributed by atoms with Crippen LogP contribution in [0.4, 0.5) is 13.2 Å². The van der Waals surface area contributed by atoms with Gasteiger partial charge in [-0.1, -0.05) is 19.1 Å². The van der Waals surface area contributed by atoms with Gasteiger partial charge in [0.25, 0.3) is 0 Å². The van der Waals surface area contributed by atoms with Crippen LogP contribution in [0.3, 0.4) is 0 Å². The summed E-state index contributed by atoms with van der Waals surface area (Å²) < 4.78 is 41.1. The molecule has 1 aromatic rings. The van der Waals surface area contributed by atoms with Gasteiger partial charge in [0.05, 0.1) is 12.6 Å². The SMILES string of the molecule is CCCOc1ccc(C(C)NOCC(F)(F)F)cc1. The van der Waals surface area contributed by atoms with Crippen LogP contribution in [-0.2, 0) is 4.84 Å². The Bertz CT molecular complexity index is 365. The summed E-state index contributed by atoms with van der Waals surface area (Å²) in [6.07, 6.45) is -3.41. The molecule has 0 aromatic heterocycles. The average molecular weight is 277 g/mol. The quantitative estimate of drug-likeness (QED) is 0.772. The van der Waals surface area contributed by atoms with Crippen molar-refractivity contribution >= 4 is 0 Å². The molecule has 1 N–H and O–H groups in total. The van der Waals surface area contributed by atoms with Crippen LogP contribution in [0, 0.1) is 0 Å². The number of ether oxygens (including phenoxy) is 1. The molecule has 0 heterocycles. The number of alkyl halides is 3. The molecule has 1 rings (SSSR count). The Balaban J connectivity index is 2.42. The van der Waals surface area contributed by atoms with Gasteiger partial charge < -0.3 is 4.74 Å². The van der Waals surface area contributed by atoms with Crippen molar-refractivity contribution in [1.82, 2.24) is 5.48 Å². The fourth-order valence-electron chi connectivity index (χ4n) is 1.39. The van der Waals surface area contributed by atoms with Gasteiger partial charge in [0.15, 0.2) is 6.61 Å². The summed E-state index contributed by atoms with van der Waals surface area (Å²) in [5.41, 5.74) is 3.18. The van der Waals surface area contributed by atoms with E-state index in [4.69, 9.17) is 4.74 Å². The molecule has 0 fully saturated rings. The van der Waals surface area contributed by atoms with Crippen molar-refractivity contribution in [3.05, 3.63) is 29.8 Å². The van der Waals surface area contributed by atoms with E-state index in [0.717, 1.165) is 17.7 Å². The Morgan fingerprint density at radius 1 is 1.21 bits per heavy atom. The van der Waals surface area contributed by atoms with Crippen LogP contribution in [0.2, 0.25) is 0 Å². The first-order valence-electron chi connectivity index (χ1n) is 6.09. The summed E-state index contributed by atoms with van der Waals surface area (Å²) in [6.45, 7) is 3.06. The Morgan fingerprint density at radius 3 is 2.37 bits per heavy atom. The van der Waals surface area contributed by atoms with E-state index in [2.05, 4.69) is 10.3 Å². The standard InChI is InChI=1S/C13H18F3NO2/c1-3-8-18-12-6-4-11(5-7-12)10(2)17-19-9-13(14,15)16/h4-7,10,17H,3,8-9H2,1-2H3. The van der Waals surface area contributed by atoms with E-state index in [9.17, 15) is 13.2 Å². The van der Waals surface area contributed by atoms with Crippen molar-refractivity contribution in [3.63, 3.8) is 0 Å². The molecule has 3 nitrogen and oxygen atoms in total. The molecule has 1 atom stereocenters. The fraction of sp³-hybridized carbons (Fsp3) is 0.538. The molecule has 6 heteroatoms. The Kier molecular flexibility index (Phi) is 6.11. The van der Waals surface area contributed by atoms with Crippen molar-refractivity contribution in [2.75, 3.05) is 13.2 Å². The lowest BCUT2D eigenvalue weighted by Crippen LogP contribution is -2.26. The molecule has 19 heavy (non-hydrogen) atoms. The molecule has 0 bridgehead atoms. The van der Waals surface area contributed by atoms with E-state index < -0.39 is 12.8 Å². The average Bonchev–Trinajstić information content (AvgIpc) is 2.35. The van der Waals surface area contributed by atoms with E-state index in [1.54, 1.807) is 31.2 Å². The topological polar surface area (TPSA) is 30.5 Å². The van der Waals surface area contributed by atoms with Crippen molar-refractivity contribution in [3.8, 4) is 5.75 Å². The second-order valence-corrected chi connectivity index (χ2v) is 4.16. The fourth-order valence-corrected chi connectivity index (χ4v) is 1.39. The van der Waals surface area contributed by atoms with Gasteiger partial charge in [-0.2, -0.15) is 18.7 Å². The zero-order valence-corrected chi connectivity index (χ0v) is 11.0. The van der Waals surface area contributed by atoms with E-state index in [0.29, 0.717) is 6.61 Å². The molecule has 108 valence electrons. The van der Waals surface area contributed by atoms with Crippen molar-refractivity contribution < 1.29 is 22.7 Å². The van der Waals surface area contributed by atoms with Crippen LogP contribution in [0.25, 0.3) is 0 Å². The van der Waals surface area contributed by atoms with Crippen LogP contribution in [-0.4, -0.2) is 19.4 Å². The number of halogens is 3. The van der Waals surface area contributed by atoms with Crippen LogP contribution < -0.4 is 10.2 Å².